The van der Waals surface area contributed by atoms with E-state index in [1.165, 1.54) is 6.20 Å². The first-order valence-corrected chi connectivity index (χ1v) is 7.05. The predicted molar refractivity (Wildman–Crippen MR) is 77.9 cm³/mol. The molecule has 1 N–H and O–H groups in total. The van der Waals surface area contributed by atoms with E-state index in [9.17, 15) is 9.90 Å². The van der Waals surface area contributed by atoms with Gasteiger partial charge in [-0.05, 0) is 18.2 Å². The highest BCUT2D eigenvalue weighted by molar-refractivity contribution is 6.34. The molecule has 0 unspecified atom stereocenters. The van der Waals surface area contributed by atoms with Gasteiger partial charge in [-0.15, -0.1) is 0 Å². The highest BCUT2D eigenvalue weighted by Gasteiger charge is 2.24. The lowest BCUT2D eigenvalue weighted by atomic mass is 10.0. The van der Waals surface area contributed by atoms with E-state index < -0.39 is 6.10 Å². The standard InChI is InChI=1S/C15H15ClN2O2/c16-14-12-6-2-1-5-11(12)13(8-17-14)15(20)18-7-3-4-10(19)9-18/h1-2,5-6,8,10,19H,3-4,7,9H2/t10-/m0/s1. The Labute approximate surface area is 122 Å². The first kappa shape index (κ1) is 13.3. The van der Waals surface area contributed by atoms with Gasteiger partial charge in [0.15, 0.2) is 0 Å². The van der Waals surface area contributed by atoms with Crippen LogP contribution in [-0.2, 0) is 0 Å². The van der Waals surface area contributed by atoms with Crippen LogP contribution >= 0.6 is 11.6 Å². The van der Waals surface area contributed by atoms with Crippen LogP contribution in [0.2, 0.25) is 5.15 Å². The number of hydrogen-bond acceptors (Lipinski definition) is 3. The Morgan fingerprint density at radius 2 is 2.10 bits per heavy atom. The molecule has 4 nitrogen and oxygen atoms in total. The average Bonchev–Trinajstić information content (AvgIpc) is 2.47. The number of carbonyl (C=O) groups is 1. The number of aromatic nitrogens is 1. The molecule has 1 fully saturated rings. The van der Waals surface area contributed by atoms with Crippen LogP contribution in [-0.4, -0.2) is 40.1 Å². The molecule has 0 bridgehead atoms. The summed E-state index contributed by atoms with van der Waals surface area (Å²) in [5, 5.41) is 11.7. The number of nitrogens with zero attached hydrogens (tertiary/aromatic N) is 2. The van der Waals surface area contributed by atoms with Crippen molar-refractivity contribution in [2.24, 2.45) is 0 Å². The van der Waals surface area contributed by atoms with Crippen molar-refractivity contribution in [1.82, 2.24) is 9.88 Å². The number of halogens is 1. The first-order chi connectivity index (χ1) is 9.66. The van der Waals surface area contributed by atoms with E-state index in [1.807, 2.05) is 24.3 Å². The maximum atomic E-state index is 12.6. The van der Waals surface area contributed by atoms with Crippen LogP contribution in [0.5, 0.6) is 0 Å². The number of aliphatic hydroxyl groups is 1. The zero-order valence-corrected chi connectivity index (χ0v) is 11.7. The number of rotatable bonds is 1. The SMILES string of the molecule is O=C(c1cnc(Cl)c2ccccc12)N1CCC[C@H](O)C1. The van der Waals surface area contributed by atoms with Crippen molar-refractivity contribution in [3.63, 3.8) is 0 Å². The minimum atomic E-state index is -0.431. The highest BCUT2D eigenvalue weighted by Crippen LogP contribution is 2.25. The molecule has 3 rings (SSSR count). The normalized spacial score (nSPS) is 19.3. The molecule has 0 spiro atoms. The molecule has 1 aliphatic heterocycles. The Morgan fingerprint density at radius 3 is 2.85 bits per heavy atom. The molecule has 0 radical (unpaired) electrons. The van der Waals surface area contributed by atoms with E-state index in [1.54, 1.807) is 4.90 Å². The van der Waals surface area contributed by atoms with Crippen LogP contribution in [0, 0.1) is 0 Å². The molecule has 2 aromatic rings. The second-order valence-corrected chi connectivity index (χ2v) is 5.41. The fourth-order valence-electron chi connectivity index (χ4n) is 2.64. The monoisotopic (exact) mass is 290 g/mol. The molecule has 1 aromatic heterocycles. The van der Waals surface area contributed by atoms with Crippen molar-refractivity contribution in [3.05, 3.63) is 41.2 Å². The molecular weight excluding hydrogens is 276 g/mol. The smallest absolute Gasteiger partial charge is 0.256 e. The lowest BCUT2D eigenvalue weighted by Crippen LogP contribution is -2.42. The number of amides is 1. The third kappa shape index (κ3) is 2.37. The number of aliphatic hydroxyl groups excluding tert-OH is 1. The molecule has 1 aromatic carbocycles. The molecule has 1 atom stereocenters. The summed E-state index contributed by atoms with van der Waals surface area (Å²) in [5.41, 5.74) is 0.541. The van der Waals surface area contributed by atoms with Crippen molar-refractivity contribution in [2.45, 2.75) is 18.9 Å². The first-order valence-electron chi connectivity index (χ1n) is 6.67. The van der Waals surface area contributed by atoms with Crippen LogP contribution in [0.15, 0.2) is 30.5 Å². The zero-order chi connectivity index (χ0) is 14.1. The van der Waals surface area contributed by atoms with E-state index in [0.29, 0.717) is 23.8 Å². The number of β-amino-alcohol motifs (C(OH)–C–C–N with tert-alkyl or cyclic N) is 1. The van der Waals surface area contributed by atoms with Gasteiger partial charge < -0.3 is 10.0 Å². The summed E-state index contributed by atoms with van der Waals surface area (Å²) in [6, 6.07) is 7.47. The topological polar surface area (TPSA) is 53.4 Å². The van der Waals surface area contributed by atoms with Gasteiger partial charge in [0.05, 0.1) is 11.7 Å². The number of hydrogen-bond donors (Lipinski definition) is 1. The molecule has 1 aliphatic rings. The van der Waals surface area contributed by atoms with E-state index >= 15 is 0 Å². The van der Waals surface area contributed by atoms with Gasteiger partial charge in [0.25, 0.3) is 5.91 Å². The number of fused-ring (bicyclic) bond motifs is 1. The summed E-state index contributed by atoms with van der Waals surface area (Å²) in [6.45, 7) is 1.06. The van der Waals surface area contributed by atoms with E-state index in [-0.39, 0.29) is 5.91 Å². The van der Waals surface area contributed by atoms with Gasteiger partial charge in [-0.25, -0.2) is 4.98 Å². The van der Waals surface area contributed by atoms with Crippen LogP contribution in [0.1, 0.15) is 23.2 Å². The molecule has 5 heteroatoms. The number of benzene rings is 1. The minimum absolute atomic E-state index is 0.0934. The van der Waals surface area contributed by atoms with Gasteiger partial charge >= 0.3 is 0 Å². The van der Waals surface area contributed by atoms with Crippen molar-refractivity contribution in [1.29, 1.82) is 0 Å². The zero-order valence-electron chi connectivity index (χ0n) is 10.9. The highest BCUT2D eigenvalue weighted by atomic mass is 35.5. The second-order valence-electron chi connectivity index (χ2n) is 5.06. The maximum Gasteiger partial charge on any atom is 0.256 e. The van der Waals surface area contributed by atoms with Crippen molar-refractivity contribution >= 4 is 28.3 Å². The molecule has 1 amide bonds. The molecule has 104 valence electrons. The summed E-state index contributed by atoms with van der Waals surface area (Å²) in [6.07, 6.45) is 2.67. The molecule has 1 saturated heterocycles. The Kier molecular flexibility index (Phi) is 3.59. The fraction of sp³-hybridized carbons (Fsp3) is 0.333. The third-order valence-corrected chi connectivity index (χ3v) is 3.96. The predicted octanol–water partition coefficient (Wildman–Crippen LogP) is 2.49. The lowest BCUT2D eigenvalue weighted by molar-refractivity contribution is 0.0475. The maximum absolute atomic E-state index is 12.6. The summed E-state index contributed by atoms with van der Waals surface area (Å²) >= 11 is 6.07. The van der Waals surface area contributed by atoms with Gasteiger partial charge in [0.1, 0.15) is 5.15 Å². The molecule has 2 heterocycles. The van der Waals surface area contributed by atoms with Crippen LogP contribution in [0.4, 0.5) is 0 Å². The van der Waals surface area contributed by atoms with Gasteiger partial charge in [0, 0.05) is 24.7 Å². The number of pyridine rings is 1. The van der Waals surface area contributed by atoms with Crippen molar-refractivity contribution in [2.75, 3.05) is 13.1 Å². The Balaban J connectivity index is 2.01. The number of piperidine rings is 1. The molecule has 0 aliphatic carbocycles. The molecule has 0 saturated carbocycles. The van der Waals surface area contributed by atoms with E-state index in [4.69, 9.17) is 11.6 Å². The third-order valence-electron chi connectivity index (χ3n) is 3.66. The van der Waals surface area contributed by atoms with Crippen LogP contribution < -0.4 is 0 Å². The Morgan fingerprint density at radius 1 is 1.35 bits per heavy atom. The number of likely N-dealkylation sites (tertiary alicyclic amines) is 1. The van der Waals surface area contributed by atoms with E-state index in [0.717, 1.165) is 23.6 Å². The van der Waals surface area contributed by atoms with Gasteiger partial charge in [-0.1, -0.05) is 35.9 Å². The minimum Gasteiger partial charge on any atom is -0.391 e. The van der Waals surface area contributed by atoms with Crippen molar-refractivity contribution in [3.8, 4) is 0 Å². The van der Waals surface area contributed by atoms with Gasteiger partial charge in [-0.2, -0.15) is 0 Å². The largest absolute Gasteiger partial charge is 0.391 e. The summed E-state index contributed by atoms with van der Waals surface area (Å²) < 4.78 is 0. The summed E-state index contributed by atoms with van der Waals surface area (Å²) in [5.74, 6) is -0.0934. The fourth-order valence-corrected chi connectivity index (χ4v) is 2.85. The number of carbonyl (C=O) groups excluding carboxylic acids is 1. The Hall–Kier alpha value is -1.65. The van der Waals surface area contributed by atoms with Crippen LogP contribution in [0.3, 0.4) is 0 Å². The molecule has 20 heavy (non-hydrogen) atoms. The average molecular weight is 291 g/mol. The Bertz CT molecular complexity index is 659. The van der Waals surface area contributed by atoms with Gasteiger partial charge in [0.2, 0.25) is 0 Å². The molecular formula is C15H15ClN2O2. The van der Waals surface area contributed by atoms with E-state index in [2.05, 4.69) is 4.98 Å². The summed E-state index contributed by atoms with van der Waals surface area (Å²) in [7, 11) is 0. The van der Waals surface area contributed by atoms with Crippen molar-refractivity contribution < 1.29 is 9.90 Å². The van der Waals surface area contributed by atoms with Crippen LogP contribution in [0.25, 0.3) is 10.8 Å². The lowest BCUT2D eigenvalue weighted by Gasteiger charge is -2.30. The van der Waals surface area contributed by atoms with Gasteiger partial charge in [-0.3, -0.25) is 4.79 Å². The summed E-state index contributed by atoms with van der Waals surface area (Å²) in [4.78, 5) is 18.4. The second kappa shape index (κ2) is 5.38. The quantitative estimate of drug-likeness (QED) is 0.821.